The number of nitrogens with zero attached hydrogens (tertiary/aromatic N) is 1. The van der Waals surface area contributed by atoms with Crippen molar-refractivity contribution < 1.29 is 26.4 Å². The molecule has 1 heterocycles. The molecule has 0 radical (unpaired) electrons. The molecule has 3 rings (SSSR count). The normalized spacial score (nSPS) is 15.4. The number of nitrogens with two attached hydrogens (primary N) is 1. The molecular formula is C17H18ClN3O6S2. The number of carbonyl (C=O) groups is 1. The van der Waals surface area contributed by atoms with Crippen molar-refractivity contribution in [2.75, 3.05) is 19.0 Å². The average Bonchev–Trinajstić information content (AvgIpc) is 2.65. The molecule has 0 aromatic heterocycles. The van der Waals surface area contributed by atoms with Crippen LogP contribution in [0.1, 0.15) is 18.5 Å². The van der Waals surface area contributed by atoms with Crippen molar-refractivity contribution in [3.63, 3.8) is 0 Å². The highest BCUT2D eigenvalue weighted by atomic mass is 35.5. The first kappa shape index (κ1) is 21.5. The zero-order valence-electron chi connectivity index (χ0n) is 15.4. The summed E-state index contributed by atoms with van der Waals surface area (Å²) in [5.41, 5.74) is 0.848. The zero-order chi connectivity index (χ0) is 21.6. The van der Waals surface area contributed by atoms with Crippen LogP contribution in [0.3, 0.4) is 0 Å². The first-order valence-corrected chi connectivity index (χ1v) is 11.6. The Kier molecular flexibility index (Phi) is 5.62. The number of primary sulfonamides is 1. The summed E-state index contributed by atoms with van der Waals surface area (Å²) in [6.45, 7) is 1.42. The lowest BCUT2D eigenvalue weighted by molar-refractivity contribution is -0.118. The molecule has 0 saturated heterocycles. The van der Waals surface area contributed by atoms with Gasteiger partial charge in [-0.1, -0.05) is 23.7 Å². The summed E-state index contributed by atoms with van der Waals surface area (Å²) in [5, 5.41) is 7.57. The number of anilines is 1. The van der Waals surface area contributed by atoms with Gasteiger partial charge >= 0.3 is 0 Å². The number of nitrogens with one attached hydrogen (secondary N) is 1. The Morgan fingerprint density at radius 3 is 2.38 bits per heavy atom. The van der Waals surface area contributed by atoms with Gasteiger partial charge in [-0.05, 0) is 30.7 Å². The SMILES string of the molecule is CC(c1ccc(S(N)(=O)=O)cc1)N(C)S(=O)(=O)c1cc2c(cc1Cl)NC(=O)CO2. The van der Waals surface area contributed by atoms with Crippen LogP contribution >= 0.6 is 11.6 Å². The molecule has 1 amide bonds. The van der Waals surface area contributed by atoms with Crippen molar-refractivity contribution in [3.05, 3.63) is 47.0 Å². The van der Waals surface area contributed by atoms with Crippen LogP contribution in [-0.4, -0.2) is 40.7 Å². The number of halogens is 1. The van der Waals surface area contributed by atoms with E-state index in [0.717, 1.165) is 4.31 Å². The van der Waals surface area contributed by atoms with E-state index in [1.54, 1.807) is 6.92 Å². The van der Waals surface area contributed by atoms with Gasteiger partial charge in [-0.2, -0.15) is 4.31 Å². The molecule has 9 nitrogen and oxygen atoms in total. The second-order valence-corrected chi connectivity index (χ2v) is 10.4. The van der Waals surface area contributed by atoms with E-state index in [2.05, 4.69) is 5.32 Å². The molecule has 156 valence electrons. The third kappa shape index (κ3) is 4.23. The molecule has 1 aliphatic rings. The summed E-state index contributed by atoms with van der Waals surface area (Å²) in [6, 6.07) is 7.54. The van der Waals surface area contributed by atoms with E-state index in [4.69, 9.17) is 21.5 Å². The Bertz CT molecular complexity index is 1180. The number of fused-ring (bicyclic) bond motifs is 1. The van der Waals surface area contributed by atoms with Crippen LogP contribution in [0.25, 0.3) is 0 Å². The minimum Gasteiger partial charge on any atom is -0.482 e. The highest BCUT2D eigenvalue weighted by Gasteiger charge is 2.31. The highest BCUT2D eigenvalue weighted by molar-refractivity contribution is 7.89. The lowest BCUT2D eigenvalue weighted by Crippen LogP contribution is -2.31. The predicted octanol–water partition coefficient (Wildman–Crippen LogP) is 1.70. The quantitative estimate of drug-likeness (QED) is 0.698. The van der Waals surface area contributed by atoms with Crippen molar-refractivity contribution in [1.29, 1.82) is 0 Å². The standard InChI is InChI=1S/C17H18ClN3O6S2/c1-10(11-3-5-12(6-4-11)28(19,23)24)21(2)29(25,26)16-8-15-14(7-13(16)18)20-17(22)9-27-15/h3-8,10H,9H2,1-2H3,(H,20,22)(H2,19,23,24). The van der Waals surface area contributed by atoms with Crippen LogP contribution in [0.15, 0.2) is 46.2 Å². The maximum absolute atomic E-state index is 13.1. The first-order valence-electron chi connectivity index (χ1n) is 8.28. The number of benzene rings is 2. The Hall–Kier alpha value is -2.18. The lowest BCUT2D eigenvalue weighted by Gasteiger charge is -2.26. The minimum atomic E-state index is -4.04. The third-order valence-electron chi connectivity index (χ3n) is 4.56. The first-order chi connectivity index (χ1) is 13.4. The molecule has 0 saturated carbocycles. The highest BCUT2D eigenvalue weighted by Crippen LogP contribution is 2.38. The average molecular weight is 460 g/mol. The van der Waals surface area contributed by atoms with E-state index in [9.17, 15) is 21.6 Å². The van der Waals surface area contributed by atoms with Gasteiger partial charge in [0.1, 0.15) is 10.6 Å². The van der Waals surface area contributed by atoms with Gasteiger partial charge in [0.2, 0.25) is 20.0 Å². The number of ether oxygens (including phenoxy) is 1. The molecule has 0 aliphatic carbocycles. The Morgan fingerprint density at radius 2 is 1.79 bits per heavy atom. The van der Waals surface area contributed by atoms with Crippen LogP contribution in [-0.2, 0) is 24.8 Å². The van der Waals surface area contributed by atoms with Crippen LogP contribution in [0.4, 0.5) is 5.69 Å². The monoisotopic (exact) mass is 459 g/mol. The fourth-order valence-electron chi connectivity index (χ4n) is 2.79. The molecule has 0 bridgehead atoms. The van der Waals surface area contributed by atoms with Gasteiger partial charge in [0.05, 0.1) is 15.6 Å². The minimum absolute atomic E-state index is 0.0711. The zero-order valence-corrected chi connectivity index (χ0v) is 17.8. The smallest absolute Gasteiger partial charge is 0.262 e. The van der Waals surface area contributed by atoms with E-state index in [1.807, 2.05) is 0 Å². The van der Waals surface area contributed by atoms with Crippen molar-refractivity contribution in [2.45, 2.75) is 22.8 Å². The van der Waals surface area contributed by atoms with E-state index >= 15 is 0 Å². The van der Waals surface area contributed by atoms with Crippen LogP contribution in [0.5, 0.6) is 5.75 Å². The molecule has 0 fully saturated rings. The van der Waals surface area contributed by atoms with Gasteiger partial charge in [0, 0.05) is 19.2 Å². The van der Waals surface area contributed by atoms with Gasteiger partial charge < -0.3 is 10.1 Å². The number of hydrogen-bond donors (Lipinski definition) is 2. The van der Waals surface area contributed by atoms with E-state index in [1.165, 1.54) is 43.4 Å². The predicted molar refractivity (Wildman–Crippen MR) is 107 cm³/mol. The number of hydrogen-bond acceptors (Lipinski definition) is 6. The largest absolute Gasteiger partial charge is 0.482 e. The van der Waals surface area contributed by atoms with Crippen LogP contribution in [0, 0.1) is 0 Å². The number of sulfonamides is 2. The Morgan fingerprint density at radius 1 is 1.17 bits per heavy atom. The molecule has 2 aromatic carbocycles. The summed E-state index contributed by atoms with van der Waals surface area (Å²) in [4.78, 5) is 11.2. The summed E-state index contributed by atoms with van der Waals surface area (Å²) in [7, 11) is -6.50. The maximum atomic E-state index is 13.1. The van der Waals surface area contributed by atoms with Crippen molar-refractivity contribution in [3.8, 4) is 5.75 Å². The third-order valence-corrected chi connectivity index (χ3v) is 7.88. The van der Waals surface area contributed by atoms with E-state index in [-0.39, 0.29) is 33.1 Å². The number of amides is 1. The van der Waals surface area contributed by atoms with Gasteiger partial charge in [0.25, 0.3) is 5.91 Å². The summed E-state index contributed by atoms with van der Waals surface area (Å²) >= 11 is 6.17. The molecule has 0 spiro atoms. The van der Waals surface area contributed by atoms with Crippen molar-refractivity contribution in [2.24, 2.45) is 5.14 Å². The molecule has 2 aromatic rings. The Balaban J connectivity index is 1.94. The second-order valence-electron chi connectivity index (χ2n) is 6.43. The van der Waals surface area contributed by atoms with E-state index < -0.39 is 26.1 Å². The number of carbonyl (C=O) groups excluding carboxylic acids is 1. The molecular weight excluding hydrogens is 442 g/mol. The lowest BCUT2D eigenvalue weighted by atomic mass is 10.1. The summed E-state index contributed by atoms with van der Waals surface area (Å²) in [5.74, 6) is -0.163. The Labute approximate surface area is 173 Å². The molecule has 12 heteroatoms. The van der Waals surface area contributed by atoms with Gasteiger partial charge in [-0.3, -0.25) is 4.79 Å². The topological polar surface area (TPSA) is 136 Å². The fourth-order valence-corrected chi connectivity index (χ4v) is 5.17. The van der Waals surface area contributed by atoms with Crippen molar-refractivity contribution in [1.82, 2.24) is 4.31 Å². The fraction of sp³-hybridized carbons (Fsp3) is 0.235. The van der Waals surface area contributed by atoms with Crippen molar-refractivity contribution >= 4 is 43.2 Å². The summed E-state index contributed by atoms with van der Waals surface area (Å²) in [6.07, 6.45) is 0. The van der Waals surface area contributed by atoms with Gasteiger partial charge in [0.15, 0.2) is 6.61 Å². The van der Waals surface area contributed by atoms with E-state index in [0.29, 0.717) is 11.3 Å². The molecule has 29 heavy (non-hydrogen) atoms. The number of rotatable bonds is 5. The molecule has 3 N–H and O–H groups in total. The maximum Gasteiger partial charge on any atom is 0.262 e. The molecule has 1 atom stereocenters. The van der Waals surface area contributed by atoms with Gasteiger partial charge in [-0.25, -0.2) is 22.0 Å². The van der Waals surface area contributed by atoms with Gasteiger partial charge in [-0.15, -0.1) is 0 Å². The molecule has 1 aliphatic heterocycles. The molecule has 1 unspecified atom stereocenters. The summed E-state index contributed by atoms with van der Waals surface area (Å²) < 4.78 is 55.4. The second kappa shape index (κ2) is 7.58. The van der Waals surface area contributed by atoms with Crippen LogP contribution < -0.4 is 15.2 Å². The van der Waals surface area contributed by atoms with Crippen LogP contribution in [0.2, 0.25) is 5.02 Å².